The average Bonchev–Trinajstić information content (AvgIpc) is 2.60. The lowest BCUT2D eigenvalue weighted by atomic mass is 10.1. The summed E-state index contributed by atoms with van der Waals surface area (Å²) in [6, 6.07) is 9.72. The molecule has 2 aromatic carbocycles. The standard InChI is InChI=1S/C16H13N3O4/c1-22-12-7-14-13(15(8-12)23-2)9-17-16(18-14)10-4-3-5-11(6-10)19(20)21/h3-9H,1-2H3. The number of ether oxygens (including phenoxy) is 2. The summed E-state index contributed by atoms with van der Waals surface area (Å²) in [4.78, 5) is 19.2. The van der Waals surface area contributed by atoms with Crippen LogP contribution in [-0.2, 0) is 0 Å². The number of aromatic nitrogens is 2. The van der Waals surface area contributed by atoms with Gasteiger partial charge in [0.15, 0.2) is 5.82 Å². The molecule has 0 fully saturated rings. The van der Waals surface area contributed by atoms with Gasteiger partial charge in [-0.05, 0) is 0 Å². The number of nitrogens with zero attached hydrogens (tertiary/aromatic N) is 3. The largest absolute Gasteiger partial charge is 0.497 e. The van der Waals surface area contributed by atoms with Crippen LogP contribution >= 0.6 is 0 Å². The number of nitro groups is 1. The summed E-state index contributed by atoms with van der Waals surface area (Å²) in [5.41, 5.74) is 1.20. The fourth-order valence-electron chi connectivity index (χ4n) is 2.26. The molecule has 7 nitrogen and oxygen atoms in total. The summed E-state index contributed by atoms with van der Waals surface area (Å²) in [7, 11) is 3.12. The second-order valence-electron chi connectivity index (χ2n) is 4.76. The highest BCUT2D eigenvalue weighted by Gasteiger charge is 2.12. The Bertz CT molecular complexity index is 896. The fraction of sp³-hybridized carbons (Fsp3) is 0.125. The van der Waals surface area contributed by atoms with Crippen molar-refractivity contribution in [3.05, 3.63) is 52.7 Å². The first-order chi connectivity index (χ1) is 11.1. The van der Waals surface area contributed by atoms with E-state index in [1.807, 2.05) is 0 Å². The van der Waals surface area contributed by atoms with E-state index in [4.69, 9.17) is 9.47 Å². The molecule has 1 heterocycles. The molecule has 23 heavy (non-hydrogen) atoms. The molecule has 0 aliphatic carbocycles. The van der Waals surface area contributed by atoms with Gasteiger partial charge >= 0.3 is 0 Å². The average molecular weight is 311 g/mol. The number of nitro benzene ring substituents is 1. The fourth-order valence-corrected chi connectivity index (χ4v) is 2.26. The molecular weight excluding hydrogens is 298 g/mol. The number of hydrogen-bond donors (Lipinski definition) is 0. The van der Waals surface area contributed by atoms with Crippen LogP contribution < -0.4 is 9.47 Å². The highest BCUT2D eigenvalue weighted by Crippen LogP contribution is 2.31. The maximum Gasteiger partial charge on any atom is 0.270 e. The van der Waals surface area contributed by atoms with Gasteiger partial charge in [0.1, 0.15) is 11.5 Å². The maximum absolute atomic E-state index is 10.9. The monoisotopic (exact) mass is 311 g/mol. The summed E-state index contributed by atoms with van der Waals surface area (Å²) in [5, 5.41) is 11.6. The van der Waals surface area contributed by atoms with Gasteiger partial charge in [-0.15, -0.1) is 0 Å². The van der Waals surface area contributed by atoms with Gasteiger partial charge in [0.25, 0.3) is 5.69 Å². The van der Waals surface area contributed by atoms with E-state index >= 15 is 0 Å². The lowest BCUT2D eigenvalue weighted by Crippen LogP contribution is -1.95. The normalized spacial score (nSPS) is 10.5. The van der Waals surface area contributed by atoms with Crippen molar-refractivity contribution < 1.29 is 14.4 Å². The molecule has 3 aromatic rings. The second-order valence-corrected chi connectivity index (χ2v) is 4.76. The molecule has 0 aliphatic rings. The summed E-state index contributed by atoms with van der Waals surface area (Å²) in [5.74, 6) is 1.61. The number of non-ortho nitro benzene ring substituents is 1. The number of benzene rings is 2. The van der Waals surface area contributed by atoms with E-state index < -0.39 is 4.92 Å². The molecule has 0 spiro atoms. The van der Waals surface area contributed by atoms with E-state index in [-0.39, 0.29) is 5.69 Å². The molecule has 0 radical (unpaired) electrons. The molecule has 0 saturated carbocycles. The van der Waals surface area contributed by atoms with E-state index in [1.54, 1.807) is 44.7 Å². The van der Waals surface area contributed by atoms with Crippen LogP contribution in [0.25, 0.3) is 22.3 Å². The van der Waals surface area contributed by atoms with Crippen molar-refractivity contribution in [2.24, 2.45) is 0 Å². The van der Waals surface area contributed by atoms with E-state index in [1.165, 1.54) is 12.1 Å². The second kappa shape index (κ2) is 5.88. The van der Waals surface area contributed by atoms with E-state index in [2.05, 4.69) is 9.97 Å². The maximum atomic E-state index is 10.9. The van der Waals surface area contributed by atoms with Crippen LogP contribution in [-0.4, -0.2) is 29.1 Å². The molecule has 3 rings (SSSR count). The number of methoxy groups -OCH3 is 2. The van der Waals surface area contributed by atoms with Crippen LogP contribution in [0.5, 0.6) is 11.5 Å². The Morgan fingerprint density at radius 1 is 1.13 bits per heavy atom. The van der Waals surface area contributed by atoms with Crippen LogP contribution in [0.3, 0.4) is 0 Å². The zero-order valence-electron chi connectivity index (χ0n) is 12.5. The molecule has 0 saturated heterocycles. The van der Waals surface area contributed by atoms with Crippen LogP contribution in [0, 0.1) is 10.1 Å². The van der Waals surface area contributed by atoms with E-state index in [9.17, 15) is 10.1 Å². The van der Waals surface area contributed by atoms with Crippen molar-refractivity contribution in [2.75, 3.05) is 14.2 Å². The molecule has 7 heteroatoms. The van der Waals surface area contributed by atoms with E-state index in [0.29, 0.717) is 28.4 Å². The lowest BCUT2D eigenvalue weighted by Gasteiger charge is -2.09. The van der Waals surface area contributed by atoms with E-state index in [0.717, 1.165) is 5.39 Å². The minimum absolute atomic E-state index is 0.00517. The molecule has 116 valence electrons. The topological polar surface area (TPSA) is 87.4 Å². The van der Waals surface area contributed by atoms with Crippen molar-refractivity contribution in [3.63, 3.8) is 0 Å². The molecule has 1 aromatic heterocycles. The van der Waals surface area contributed by atoms with Gasteiger partial charge in [-0.2, -0.15) is 0 Å². The molecule has 0 amide bonds. The minimum atomic E-state index is -0.448. The number of hydrogen-bond acceptors (Lipinski definition) is 6. The number of rotatable bonds is 4. The Morgan fingerprint density at radius 3 is 2.65 bits per heavy atom. The van der Waals surface area contributed by atoms with Gasteiger partial charge in [0, 0.05) is 36.0 Å². The molecule has 0 bridgehead atoms. The first kappa shape index (κ1) is 14.7. The summed E-state index contributed by atoms with van der Waals surface area (Å²) < 4.78 is 10.5. The first-order valence-corrected chi connectivity index (χ1v) is 6.76. The van der Waals surface area contributed by atoms with Crippen LogP contribution in [0.1, 0.15) is 0 Å². The van der Waals surface area contributed by atoms with Gasteiger partial charge in [0.2, 0.25) is 0 Å². The molecule has 0 unspecified atom stereocenters. The summed E-state index contributed by atoms with van der Waals surface area (Å²) >= 11 is 0. The van der Waals surface area contributed by atoms with Gasteiger partial charge in [-0.3, -0.25) is 10.1 Å². The molecular formula is C16H13N3O4. The Labute approximate surface area is 131 Å². The molecule has 0 aliphatic heterocycles. The third-order valence-electron chi connectivity index (χ3n) is 3.41. The molecule has 0 atom stereocenters. The Morgan fingerprint density at radius 2 is 1.96 bits per heavy atom. The first-order valence-electron chi connectivity index (χ1n) is 6.76. The third kappa shape index (κ3) is 2.76. The third-order valence-corrected chi connectivity index (χ3v) is 3.41. The van der Waals surface area contributed by atoms with Crippen LogP contribution in [0.4, 0.5) is 5.69 Å². The molecule has 0 N–H and O–H groups in total. The van der Waals surface area contributed by atoms with Gasteiger partial charge in [-0.1, -0.05) is 12.1 Å². The summed E-state index contributed by atoms with van der Waals surface area (Å²) in [6.07, 6.45) is 1.63. The SMILES string of the molecule is COc1cc(OC)c2cnc(-c3cccc([N+](=O)[O-])c3)nc2c1. The number of fused-ring (bicyclic) bond motifs is 1. The highest BCUT2D eigenvalue weighted by molar-refractivity contribution is 5.87. The Kier molecular flexibility index (Phi) is 3.76. The van der Waals surface area contributed by atoms with Crippen LogP contribution in [0.15, 0.2) is 42.6 Å². The van der Waals surface area contributed by atoms with Gasteiger partial charge in [0.05, 0.1) is 30.0 Å². The highest BCUT2D eigenvalue weighted by atomic mass is 16.6. The van der Waals surface area contributed by atoms with Gasteiger partial charge < -0.3 is 9.47 Å². The van der Waals surface area contributed by atoms with Crippen molar-refractivity contribution in [2.45, 2.75) is 0 Å². The predicted octanol–water partition coefficient (Wildman–Crippen LogP) is 3.22. The summed E-state index contributed by atoms with van der Waals surface area (Å²) in [6.45, 7) is 0. The predicted molar refractivity (Wildman–Crippen MR) is 84.7 cm³/mol. The van der Waals surface area contributed by atoms with Crippen molar-refractivity contribution in [3.8, 4) is 22.9 Å². The van der Waals surface area contributed by atoms with Crippen molar-refractivity contribution >= 4 is 16.6 Å². The smallest absolute Gasteiger partial charge is 0.270 e. The Hall–Kier alpha value is -3.22. The quantitative estimate of drug-likeness (QED) is 0.543. The zero-order chi connectivity index (χ0) is 16.4. The Balaban J connectivity index is 2.16. The zero-order valence-corrected chi connectivity index (χ0v) is 12.5. The van der Waals surface area contributed by atoms with Crippen molar-refractivity contribution in [1.29, 1.82) is 0 Å². The van der Waals surface area contributed by atoms with Gasteiger partial charge in [-0.25, -0.2) is 9.97 Å². The minimum Gasteiger partial charge on any atom is -0.497 e. The lowest BCUT2D eigenvalue weighted by molar-refractivity contribution is -0.384. The van der Waals surface area contributed by atoms with Crippen LogP contribution in [0.2, 0.25) is 0 Å². The van der Waals surface area contributed by atoms with Crippen molar-refractivity contribution in [1.82, 2.24) is 9.97 Å².